The van der Waals surface area contributed by atoms with Crippen LogP contribution in [0, 0.1) is 0 Å². The minimum absolute atomic E-state index is 0.487. The molecule has 0 aliphatic carbocycles. The zero-order valence-electron chi connectivity index (χ0n) is 12.3. The molecule has 21 heavy (non-hydrogen) atoms. The van der Waals surface area contributed by atoms with Crippen molar-refractivity contribution in [2.45, 2.75) is 13.2 Å². The number of nitrogens with one attached hydrogen (secondary N) is 1. The Labute approximate surface area is 129 Å². The van der Waals surface area contributed by atoms with Crippen molar-refractivity contribution in [2.75, 3.05) is 20.3 Å². The van der Waals surface area contributed by atoms with Gasteiger partial charge in [0.1, 0.15) is 12.4 Å². The highest BCUT2D eigenvalue weighted by Gasteiger charge is 2.06. The van der Waals surface area contributed by atoms with Crippen LogP contribution in [0.15, 0.2) is 30.6 Å². The second kappa shape index (κ2) is 8.02. The van der Waals surface area contributed by atoms with Gasteiger partial charge >= 0.3 is 0 Å². The van der Waals surface area contributed by atoms with Gasteiger partial charge < -0.3 is 14.8 Å². The van der Waals surface area contributed by atoms with Crippen LogP contribution in [0.2, 0.25) is 5.02 Å². The molecule has 0 unspecified atom stereocenters. The number of hydrogen-bond acceptors (Lipinski definition) is 4. The maximum atomic E-state index is 6.06. The summed E-state index contributed by atoms with van der Waals surface area (Å²) in [6.45, 7) is 2.63. The van der Waals surface area contributed by atoms with E-state index < -0.39 is 0 Å². The molecule has 0 atom stereocenters. The third-order valence-electron chi connectivity index (χ3n) is 2.97. The Bertz CT molecular complexity index is 572. The second-order valence-corrected chi connectivity index (χ2v) is 5.17. The molecule has 6 heteroatoms. The Morgan fingerprint density at radius 1 is 1.38 bits per heavy atom. The van der Waals surface area contributed by atoms with Crippen LogP contribution in [0.1, 0.15) is 11.1 Å². The summed E-state index contributed by atoms with van der Waals surface area (Å²) in [5.41, 5.74) is 2.06. The Morgan fingerprint density at radius 3 is 2.95 bits per heavy atom. The van der Waals surface area contributed by atoms with Crippen LogP contribution >= 0.6 is 11.6 Å². The molecule has 1 aromatic heterocycles. The maximum absolute atomic E-state index is 6.06. The molecule has 2 aromatic rings. The van der Waals surface area contributed by atoms with Crippen molar-refractivity contribution in [2.24, 2.45) is 7.05 Å². The number of aromatic nitrogens is 2. The molecule has 1 N–H and O–H groups in total. The molecular weight excluding hydrogens is 290 g/mol. The van der Waals surface area contributed by atoms with Crippen molar-refractivity contribution >= 4 is 11.6 Å². The standard InChI is InChI=1S/C15H20ClN3O2/c1-19-10-12(8-18-19)11-21-15-4-3-14(16)7-13(15)9-17-5-6-20-2/h3-4,7-8,10,17H,5-6,9,11H2,1-2H3. The van der Waals surface area contributed by atoms with Crippen molar-refractivity contribution < 1.29 is 9.47 Å². The normalized spacial score (nSPS) is 10.8. The summed E-state index contributed by atoms with van der Waals surface area (Å²) < 4.78 is 12.6. The van der Waals surface area contributed by atoms with Crippen molar-refractivity contribution in [1.82, 2.24) is 15.1 Å². The van der Waals surface area contributed by atoms with Gasteiger partial charge in [-0.25, -0.2) is 0 Å². The van der Waals surface area contributed by atoms with E-state index in [2.05, 4.69) is 10.4 Å². The van der Waals surface area contributed by atoms with Gasteiger partial charge in [0.15, 0.2) is 0 Å². The van der Waals surface area contributed by atoms with E-state index in [1.165, 1.54) is 0 Å². The molecule has 0 spiro atoms. The summed E-state index contributed by atoms with van der Waals surface area (Å²) in [4.78, 5) is 0. The molecule has 0 aliphatic rings. The number of hydrogen-bond donors (Lipinski definition) is 1. The van der Waals surface area contributed by atoms with Crippen LogP contribution in [0.25, 0.3) is 0 Å². The van der Waals surface area contributed by atoms with Crippen LogP contribution < -0.4 is 10.1 Å². The molecule has 2 rings (SSSR count). The van der Waals surface area contributed by atoms with Gasteiger partial charge in [-0.1, -0.05) is 11.6 Å². The molecular formula is C15H20ClN3O2. The summed E-state index contributed by atoms with van der Waals surface area (Å²) in [6.07, 6.45) is 3.73. The van der Waals surface area contributed by atoms with Gasteiger partial charge in [-0.15, -0.1) is 0 Å². The average Bonchev–Trinajstić information content (AvgIpc) is 2.88. The van der Waals surface area contributed by atoms with Gasteiger partial charge in [0.25, 0.3) is 0 Å². The summed E-state index contributed by atoms with van der Waals surface area (Å²) in [5, 5.41) is 8.12. The molecule has 114 valence electrons. The van der Waals surface area contributed by atoms with E-state index in [-0.39, 0.29) is 0 Å². The fourth-order valence-electron chi connectivity index (χ4n) is 1.93. The highest BCUT2D eigenvalue weighted by molar-refractivity contribution is 6.30. The van der Waals surface area contributed by atoms with E-state index >= 15 is 0 Å². The Morgan fingerprint density at radius 2 is 2.24 bits per heavy atom. The minimum atomic E-state index is 0.487. The van der Waals surface area contributed by atoms with Crippen molar-refractivity contribution in [1.29, 1.82) is 0 Å². The molecule has 1 aromatic carbocycles. The molecule has 0 saturated carbocycles. The minimum Gasteiger partial charge on any atom is -0.488 e. The van der Waals surface area contributed by atoms with E-state index in [1.807, 2.05) is 31.4 Å². The number of nitrogens with zero attached hydrogens (tertiary/aromatic N) is 2. The number of halogens is 1. The topological polar surface area (TPSA) is 48.3 Å². The highest BCUT2D eigenvalue weighted by atomic mass is 35.5. The number of methoxy groups -OCH3 is 1. The molecule has 5 nitrogen and oxygen atoms in total. The third-order valence-corrected chi connectivity index (χ3v) is 3.21. The van der Waals surface area contributed by atoms with Crippen LogP contribution in [0.5, 0.6) is 5.75 Å². The largest absolute Gasteiger partial charge is 0.488 e. The molecule has 0 fully saturated rings. The fraction of sp³-hybridized carbons (Fsp3) is 0.400. The van der Waals surface area contributed by atoms with Gasteiger partial charge in [-0.3, -0.25) is 4.68 Å². The molecule has 0 radical (unpaired) electrons. The lowest BCUT2D eigenvalue weighted by Crippen LogP contribution is -2.19. The first kappa shape index (κ1) is 15.8. The van der Waals surface area contributed by atoms with Gasteiger partial charge in [0.2, 0.25) is 0 Å². The van der Waals surface area contributed by atoms with Crippen LogP contribution in [0.3, 0.4) is 0 Å². The van der Waals surface area contributed by atoms with E-state index in [0.717, 1.165) is 23.4 Å². The lowest BCUT2D eigenvalue weighted by Gasteiger charge is -2.12. The smallest absolute Gasteiger partial charge is 0.124 e. The average molecular weight is 310 g/mol. The summed E-state index contributed by atoms with van der Waals surface area (Å²) >= 11 is 6.06. The molecule has 0 bridgehead atoms. The van der Waals surface area contributed by atoms with Crippen LogP contribution in [-0.2, 0) is 24.9 Å². The van der Waals surface area contributed by atoms with Crippen LogP contribution in [-0.4, -0.2) is 30.0 Å². The predicted octanol–water partition coefficient (Wildman–Crippen LogP) is 2.39. The fourth-order valence-corrected chi connectivity index (χ4v) is 2.13. The van der Waals surface area contributed by atoms with E-state index in [9.17, 15) is 0 Å². The van der Waals surface area contributed by atoms with E-state index in [4.69, 9.17) is 21.1 Å². The number of benzene rings is 1. The monoisotopic (exact) mass is 309 g/mol. The van der Waals surface area contributed by atoms with Gasteiger partial charge in [-0.2, -0.15) is 5.10 Å². The maximum Gasteiger partial charge on any atom is 0.124 e. The first-order valence-electron chi connectivity index (χ1n) is 6.77. The molecule has 1 heterocycles. The highest BCUT2D eigenvalue weighted by Crippen LogP contribution is 2.23. The zero-order chi connectivity index (χ0) is 15.1. The Balaban J connectivity index is 1.97. The lowest BCUT2D eigenvalue weighted by molar-refractivity contribution is 0.199. The molecule has 0 saturated heterocycles. The van der Waals surface area contributed by atoms with Crippen molar-refractivity contribution in [3.05, 3.63) is 46.7 Å². The Kier molecular flexibility index (Phi) is 6.04. The SMILES string of the molecule is COCCNCc1cc(Cl)ccc1OCc1cnn(C)c1. The summed E-state index contributed by atoms with van der Waals surface area (Å²) in [5.74, 6) is 0.827. The molecule has 0 aliphatic heterocycles. The summed E-state index contributed by atoms with van der Waals surface area (Å²) in [7, 11) is 3.57. The number of aryl methyl sites for hydroxylation is 1. The van der Waals surface area contributed by atoms with E-state index in [1.54, 1.807) is 18.0 Å². The Hall–Kier alpha value is -1.56. The van der Waals surface area contributed by atoms with Gasteiger partial charge in [0.05, 0.1) is 12.8 Å². The second-order valence-electron chi connectivity index (χ2n) is 4.73. The van der Waals surface area contributed by atoms with Gasteiger partial charge in [-0.05, 0) is 18.2 Å². The first-order valence-corrected chi connectivity index (χ1v) is 7.15. The van der Waals surface area contributed by atoms with Crippen LogP contribution in [0.4, 0.5) is 0 Å². The number of rotatable bonds is 8. The summed E-state index contributed by atoms with van der Waals surface area (Å²) in [6, 6.07) is 5.64. The van der Waals surface area contributed by atoms with Gasteiger partial charge in [0, 0.05) is 49.6 Å². The van der Waals surface area contributed by atoms with Crippen molar-refractivity contribution in [3.63, 3.8) is 0 Å². The molecule has 0 amide bonds. The lowest BCUT2D eigenvalue weighted by atomic mass is 10.2. The number of ether oxygens (including phenoxy) is 2. The predicted molar refractivity (Wildman–Crippen MR) is 82.6 cm³/mol. The zero-order valence-corrected chi connectivity index (χ0v) is 13.1. The third kappa shape index (κ3) is 5.04. The van der Waals surface area contributed by atoms with Crippen molar-refractivity contribution in [3.8, 4) is 5.75 Å². The van der Waals surface area contributed by atoms with E-state index in [0.29, 0.717) is 24.8 Å². The quantitative estimate of drug-likeness (QED) is 0.761. The first-order chi connectivity index (χ1) is 10.2.